The van der Waals surface area contributed by atoms with Crippen LogP contribution < -0.4 is 0 Å². The fraction of sp³-hybridized carbons (Fsp3) is 0.167. The number of rotatable bonds is 1. The molecule has 0 aliphatic heterocycles. The minimum Gasteiger partial charge on any atom is -0.0841 e. The molecule has 0 saturated heterocycles. The predicted octanol–water partition coefficient (Wildman–Crippen LogP) is 4.52. The molecule has 1 aliphatic carbocycles. The highest BCUT2D eigenvalue weighted by Crippen LogP contribution is 2.31. The summed E-state index contributed by atoms with van der Waals surface area (Å²) in [6.45, 7) is 0. The van der Waals surface area contributed by atoms with E-state index < -0.39 is 0 Å². The Morgan fingerprint density at radius 3 is 2.50 bits per heavy atom. The Hall–Kier alpha value is -0.340. The number of alkyl halides is 1. The predicted molar refractivity (Wildman–Crippen MR) is 68.8 cm³/mol. The lowest BCUT2D eigenvalue weighted by molar-refractivity contribution is 1.09. The summed E-state index contributed by atoms with van der Waals surface area (Å²) in [4.78, 5) is 0.442. The van der Waals surface area contributed by atoms with Gasteiger partial charge in [0.05, 0.1) is 0 Å². The van der Waals surface area contributed by atoms with E-state index in [1.54, 1.807) is 0 Å². The maximum Gasteiger partial charge on any atom is 0.0379 e. The molecule has 1 unspecified atom stereocenters. The Morgan fingerprint density at radius 2 is 1.86 bits per heavy atom. The zero-order chi connectivity index (χ0) is 9.97. The van der Waals surface area contributed by atoms with Gasteiger partial charge in [-0.25, -0.2) is 0 Å². The SMILES string of the molecule is BrC1=CC(Br)CC(c2ccccc2)=C1. The van der Waals surface area contributed by atoms with Crippen LogP contribution in [0.5, 0.6) is 0 Å². The van der Waals surface area contributed by atoms with Crippen molar-refractivity contribution in [1.82, 2.24) is 0 Å². The molecule has 0 saturated carbocycles. The van der Waals surface area contributed by atoms with Gasteiger partial charge in [0, 0.05) is 9.31 Å². The third-order valence-electron chi connectivity index (χ3n) is 2.21. The van der Waals surface area contributed by atoms with E-state index >= 15 is 0 Å². The number of benzene rings is 1. The molecule has 0 radical (unpaired) electrons. The Morgan fingerprint density at radius 1 is 1.14 bits per heavy atom. The topological polar surface area (TPSA) is 0 Å². The lowest BCUT2D eigenvalue weighted by Gasteiger charge is -2.15. The average Bonchev–Trinajstić information content (AvgIpc) is 2.18. The van der Waals surface area contributed by atoms with E-state index in [4.69, 9.17) is 0 Å². The molecule has 0 spiro atoms. The van der Waals surface area contributed by atoms with E-state index in [1.807, 2.05) is 6.07 Å². The molecular formula is C12H10Br2. The molecule has 0 heterocycles. The molecule has 0 aromatic heterocycles. The minimum absolute atomic E-state index is 0.442. The summed E-state index contributed by atoms with van der Waals surface area (Å²) >= 11 is 7.14. The molecule has 72 valence electrons. The van der Waals surface area contributed by atoms with E-state index in [0.29, 0.717) is 4.83 Å². The monoisotopic (exact) mass is 312 g/mol. The summed E-state index contributed by atoms with van der Waals surface area (Å²) < 4.78 is 1.16. The van der Waals surface area contributed by atoms with Crippen LogP contribution in [0.1, 0.15) is 12.0 Å². The fourth-order valence-electron chi connectivity index (χ4n) is 1.57. The van der Waals surface area contributed by atoms with Crippen LogP contribution in [0, 0.1) is 0 Å². The Bertz CT molecular complexity index is 377. The van der Waals surface area contributed by atoms with Crippen LogP contribution in [0.4, 0.5) is 0 Å². The molecule has 0 bridgehead atoms. The van der Waals surface area contributed by atoms with E-state index in [0.717, 1.165) is 10.9 Å². The molecule has 0 N–H and O–H groups in total. The molecule has 0 amide bonds. The van der Waals surface area contributed by atoms with Crippen molar-refractivity contribution in [3.8, 4) is 0 Å². The molecule has 1 aromatic carbocycles. The van der Waals surface area contributed by atoms with Gasteiger partial charge in [0.1, 0.15) is 0 Å². The minimum atomic E-state index is 0.442. The normalized spacial score (nSPS) is 21.4. The fourth-order valence-corrected chi connectivity index (χ4v) is 3.15. The van der Waals surface area contributed by atoms with Crippen LogP contribution in [0.25, 0.3) is 5.57 Å². The summed E-state index contributed by atoms with van der Waals surface area (Å²) in [5.41, 5.74) is 2.68. The van der Waals surface area contributed by atoms with Gasteiger partial charge in [0.15, 0.2) is 0 Å². The van der Waals surface area contributed by atoms with Gasteiger partial charge in [-0.1, -0.05) is 68.3 Å². The third kappa shape index (κ3) is 2.37. The number of halogens is 2. The Balaban J connectivity index is 2.33. The molecule has 1 atom stereocenters. The van der Waals surface area contributed by atoms with Crippen LogP contribution >= 0.6 is 31.9 Å². The summed E-state index contributed by atoms with van der Waals surface area (Å²) in [6.07, 6.45) is 5.42. The molecule has 14 heavy (non-hydrogen) atoms. The quantitative estimate of drug-likeness (QED) is 0.669. The Kier molecular flexibility index (Phi) is 3.24. The standard InChI is InChI=1S/C12H10Br2/c13-11-6-10(7-12(14)8-11)9-4-2-1-3-5-9/h1-6,8,12H,7H2. The highest BCUT2D eigenvalue weighted by Gasteiger charge is 2.12. The van der Waals surface area contributed by atoms with Crippen molar-refractivity contribution in [2.75, 3.05) is 0 Å². The van der Waals surface area contributed by atoms with Crippen LogP contribution in [0.2, 0.25) is 0 Å². The van der Waals surface area contributed by atoms with Gasteiger partial charge in [0.25, 0.3) is 0 Å². The van der Waals surface area contributed by atoms with Crippen LogP contribution in [-0.4, -0.2) is 4.83 Å². The largest absolute Gasteiger partial charge is 0.0841 e. The number of hydrogen-bond donors (Lipinski definition) is 0. The second-order valence-electron chi connectivity index (χ2n) is 3.31. The van der Waals surface area contributed by atoms with Crippen molar-refractivity contribution >= 4 is 37.4 Å². The second-order valence-corrected chi connectivity index (χ2v) is 5.40. The van der Waals surface area contributed by atoms with Crippen LogP contribution in [-0.2, 0) is 0 Å². The number of hydrogen-bond acceptors (Lipinski definition) is 0. The average molecular weight is 314 g/mol. The van der Waals surface area contributed by atoms with E-state index in [-0.39, 0.29) is 0 Å². The van der Waals surface area contributed by atoms with Gasteiger partial charge in [0.2, 0.25) is 0 Å². The first-order chi connectivity index (χ1) is 6.75. The molecule has 1 aliphatic rings. The maximum atomic E-state index is 3.62. The lowest BCUT2D eigenvalue weighted by atomic mass is 9.97. The smallest absolute Gasteiger partial charge is 0.0379 e. The molecular weight excluding hydrogens is 304 g/mol. The van der Waals surface area contributed by atoms with Crippen LogP contribution in [0.15, 0.2) is 47.0 Å². The lowest BCUT2D eigenvalue weighted by Crippen LogP contribution is -2.00. The number of allylic oxidation sites excluding steroid dienone is 4. The zero-order valence-corrected chi connectivity index (χ0v) is 10.8. The van der Waals surface area contributed by atoms with Gasteiger partial charge in [-0.05, 0) is 23.6 Å². The maximum absolute atomic E-state index is 3.62. The third-order valence-corrected chi connectivity index (χ3v) is 3.29. The first kappa shape index (κ1) is 10.2. The first-order valence-corrected chi connectivity index (χ1v) is 6.24. The highest BCUT2D eigenvalue weighted by atomic mass is 79.9. The van der Waals surface area contributed by atoms with Gasteiger partial charge in [-0.3, -0.25) is 0 Å². The summed E-state index contributed by atoms with van der Waals surface area (Å²) in [7, 11) is 0. The highest BCUT2D eigenvalue weighted by molar-refractivity contribution is 9.12. The van der Waals surface area contributed by atoms with Crippen molar-refractivity contribution in [2.45, 2.75) is 11.2 Å². The molecule has 2 heteroatoms. The van der Waals surface area contributed by atoms with Gasteiger partial charge in [-0.2, -0.15) is 0 Å². The van der Waals surface area contributed by atoms with Gasteiger partial charge < -0.3 is 0 Å². The Labute approximate surface area is 101 Å². The van der Waals surface area contributed by atoms with Crippen molar-refractivity contribution in [2.24, 2.45) is 0 Å². The van der Waals surface area contributed by atoms with Crippen molar-refractivity contribution in [3.63, 3.8) is 0 Å². The molecule has 1 aromatic rings. The van der Waals surface area contributed by atoms with E-state index in [2.05, 4.69) is 68.3 Å². The van der Waals surface area contributed by atoms with E-state index in [1.165, 1.54) is 11.1 Å². The van der Waals surface area contributed by atoms with Crippen molar-refractivity contribution < 1.29 is 0 Å². The summed E-state index contributed by atoms with van der Waals surface area (Å²) in [5, 5.41) is 0. The van der Waals surface area contributed by atoms with Gasteiger partial charge >= 0.3 is 0 Å². The first-order valence-electron chi connectivity index (χ1n) is 4.53. The molecule has 0 fully saturated rings. The van der Waals surface area contributed by atoms with Crippen molar-refractivity contribution in [1.29, 1.82) is 0 Å². The van der Waals surface area contributed by atoms with Gasteiger partial charge in [-0.15, -0.1) is 0 Å². The molecule has 0 nitrogen and oxygen atoms in total. The zero-order valence-electron chi connectivity index (χ0n) is 7.58. The molecule has 2 rings (SSSR count). The van der Waals surface area contributed by atoms with Crippen molar-refractivity contribution in [3.05, 3.63) is 52.5 Å². The second kappa shape index (κ2) is 4.45. The van der Waals surface area contributed by atoms with E-state index in [9.17, 15) is 0 Å². The van der Waals surface area contributed by atoms with Crippen LogP contribution in [0.3, 0.4) is 0 Å². The summed E-state index contributed by atoms with van der Waals surface area (Å²) in [6, 6.07) is 10.5. The summed E-state index contributed by atoms with van der Waals surface area (Å²) in [5.74, 6) is 0.